The lowest BCUT2D eigenvalue weighted by molar-refractivity contribution is -0.149. The molecule has 2 aromatic rings. The van der Waals surface area contributed by atoms with E-state index < -0.39 is 29.9 Å². The Labute approximate surface area is 148 Å². The third-order valence-electron chi connectivity index (χ3n) is 4.31. The summed E-state index contributed by atoms with van der Waals surface area (Å²) >= 11 is 0. The van der Waals surface area contributed by atoms with Crippen molar-refractivity contribution in [2.75, 3.05) is 13.1 Å². The number of amides is 1. The molecule has 9 heteroatoms. The fraction of sp³-hybridized carbons (Fsp3) is 0.412. The van der Waals surface area contributed by atoms with Gasteiger partial charge in [0.15, 0.2) is 0 Å². The number of halogens is 2. The van der Waals surface area contributed by atoms with E-state index in [-0.39, 0.29) is 30.4 Å². The first-order chi connectivity index (χ1) is 12.2. The van der Waals surface area contributed by atoms with Crippen molar-refractivity contribution >= 4 is 11.9 Å². The number of aliphatic carboxylic acids is 1. The van der Waals surface area contributed by atoms with Gasteiger partial charge in [0.25, 0.3) is 5.91 Å². The predicted octanol–water partition coefficient (Wildman–Crippen LogP) is 2.17. The molecule has 1 amide bonds. The normalized spacial score (nSPS) is 20.0. The van der Waals surface area contributed by atoms with Crippen molar-refractivity contribution in [3.05, 3.63) is 41.7 Å². The standard InChI is InChI=1S/C17H18F2N4O3/c1-10(2)14-20-13(21-23(14)12-6-4-3-5-11(12)18)15(24)22-8-7-17(19,9-22)16(25)26/h3-6,10H,7-9H2,1-2H3,(H,25,26). The van der Waals surface area contributed by atoms with Gasteiger partial charge in [-0.25, -0.2) is 23.2 Å². The number of alkyl halides is 1. The highest BCUT2D eigenvalue weighted by molar-refractivity contribution is 5.92. The van der Waals surface area contributed by atoms with Gasteiger partial charge in [-0.3, -0.25) is 4.79 Å². The van der Waals surface area contributed by atoms with Gasteiger partial charge >= 0.3 is 5.97 Å². The molecule has 1 saturated heterocycles. The number of para-hydroxylation sites is 1. The molecule has 1 aromatic carbocycles. The molecule has 138 valence electrons. The summed E-state index contributed by atoms with van der Waals surface area (Å²) in [4.78, 5) is 28.9. The Kier molecular flexibility index (Phi) is 4.47. The molecule has 0 spiro atoms. The lowest BCUT2D eigenvalue weighted by atomic mass is 10.1. The van der Waals surface area contributed by atoms with Crippen LogP contribution in [0.1, 0.15) is 42.6 Å². The smallest absolute Gasteiger partial charge is 0.343 e. The van der Waals surface area contributed by atoms with E-state index in [1.165, 1.54) is 22.9 Å². The van der Waals surface area contributed by atoms with Gasteiger partial charge in [-0.1, -0.05) is 26.0 Å². The van der Waals surface area contributed by atoms with Crippen LogP contribution in [0, 0.1) is 5.82 Å². The van der Waals surface area contributed by atoms with Crippen LogP contribution in [0.3, 0.4) is 0 Å². The number of hydrogen-bond acceptors (Lipinski definition) is 4. The summed E-state index contributed by atoms with van der Waals surface area (Å²) in [7, 11) is 0. The number of carboxylic acid groups (broad SMARTS) is 1. The van der Waals surface area contributed by atoms with E-state index in [1.54, 1.807) is 6.07 Å². The number of hydrogen-bond donors (Lipinski definition) is 1. The van der Waals surface area contributed by atoms with E-state index in [0.29, 0.717) is 5.82 Å². The maximum atomic E-state index is 14.2. The van der Waals surface area contributed by atoms with E-state index in [0.717, 1.165) is 4.90 Å². The van der Waals surface area contributed by atoms with Crippen molar-refractivity contribution in [3.63, 3.8) is 0 Å². The quantitative estimate of drug-likeness (QED) is 0.898. The number of aromatic nitrogens is 3. The molecular weight excluding hydrogens is 346 g/mol. The molecule has 0 saturated carbocycles. The molecule has 1 unspecified atom stereocenters. The largest absolute Gasteiger partial charge is 0.479 e. The Balaban J connectivity index is 1.95. The molecule has 2 heterocycles. The van der Waals surface area contributed by atoms with Crippen LogP contribution in [0.5, 0.6) is 0 Å². The molecule has 0 aliphatic carbocycles. The first-order valence-corrected chi connectivity index (χ1v) is 8.16. The lowest BCUT2D eigenvalue weighted by Gasteiger charge is -2.15. The number of likely N-dealkylation sites (tertiary alicyclic amines) is 1. The average molecular weight is 364 g/mol. The minimum atomic E-state index is -2.47. The molecule has 0 radical (unpaired) electrons. The summed E-state index contributed by atoms with van der Waals surface area (Å²) < 4.78 is 29.6. The molecule has 26 heavy (non-hydrogen) atoms. The van der Waals surface area contributed by atoms with Crippen LogP contribution < -0.4 is 0 Å². The van der Waals surface area contributed by atoms with Gasteiger partial charge in [-0.05, 0) is 12.1 Å². The Hall–Kier alpha value is -2.84. The Morgan fingerprint density at radius 1 is 1.31 bits per heavy atom. The molecule has 1 aliphatic rings. The highest BCUT2D eigenvalue weighted by atomic mass is 19.1. The van der Waals surface area contributed by atoms with Crippen molar-refractivity contribution in [3.8, 4) is 5.69 Å². The lowest BCUT2D eigenvalue weighted by Crippen LogP contribution is -2.39. The van der Waals surface area contributed by atoms with Crippen molar-refractivity contribution in [2.24, 2.45) is 0 Å². The number of rotatable bonds is 4. The fourth-order valence-corrected chi connectivity index (χ4v) is 2.85. The first-order valence-electron chi connectivity index (χ1n) is 8.16. The molecule has 1 N–H and O–H groups in total. The van der Waals surface area contributed by atoms with E-state index in [1.807, 2.05) is 13.8 Å². The fourth-order valence-electron chi connectivity index (χ4n) is 2.85. The van der Waals surface area contributed by atoms with Gasteiger partial charge in [0, 0.05) is 18.9 Å². The highest BCUT2D eigenvalue weighted by Crippen LogP contribution is 2.27. The first kappa shape index (κ1) is 18.0. The van der Waals surface area contributed by atoms with E-state index >= 15 is 0 Å². The van der Waals surface area contributed by atoms with E-state index in [9.17, 15) is 18.4 Å². The highest BCUT2D eigenvalue weighted by Gasteiger charge is 2.47. The average Bonchev–Trinajstić information content (AvgIpc) is 3.20. The molecule has 1 aliphatic heterocycles. The van der Waals surface area contributed by atoms with Crippen LogP contribution in [-0.2, 0) is 4.79 Å². The van der Waals surface area contributed by atoms with Gasteiger partial charge in [0.05, 0.1) is 6.54 Å². The van der Waals surface area contributed by atoms with E-state index in [2.05, 4.69) is 10.1 Å². The summed E-state index contributed by atoms with van der Waals surface area (Å²) in [6, 6.07) is 5.95. The van der Waals surface area contributed by atoms with Crippen molar-refractivity contribution in [1.29, 1.82) is 0 Å². The second-order valence-corrected chi connectivity index (χ2v) is 6.56. The predicted molar refractivity (Wildman–Crippen MR) is 87.4 cm³/mol. The Bertz CT molecular complexity index is 867. The molecule has 3 rings (SSSR count). The zero-order chi connectivity index (χ0) is 19.1. The van der Waals surface area contributed by atoms with Crippen LogP contribution in [0.4, 0.5) is 8.78 Å². The van der Waals surface area contributed by atoms with Crippen molar-refractivity contribution in [1.82, 2.24) is 19.7 Å². The maximum absolute atomic E-state index is 14.2. The molecule has 1 fully saturated rings. The van der Waals surface area contributed by atoms with Gasteiger partial charge in [-0.15, -0.1) is 5.10 Å². The van der Waals surface area contributed by atoms with Crippen LogP contribution in [0.2, 0.25) is 0 Å². The van der Waals surface area contributed by atoms with Crippen LogP contribution in [0.25, 0.3) is 5.69 Å². The number of carbonyl (C=O) groups is 2. The third kappa shape index (κ3) is 3.04. The van der Waals surface area contributed by atoms with Crippen LogP contribution >= 0.6 is 0 Å². The summed E-state index contributed by atoms with van der Waals surface area (Å²) in [6.45, 7) is 3.03. The second kappa shape index (κ2) is 6.47. The van der Waals surface area contributed by atoms with Gasteiger partial charge in [0.1, 0.15) is 17.3 Å². The SMILES string of the molecule is CC(C)c1nc(C(=O)N2CCC(F)(C(=O)O)C2)nn1-c1ccccc1F. The minimum Gasteiger partial charge on any atom is -0.479 e. The number of carboxylic acids is 1. The van der Waals surface area contributed by atoms with Gasteiger partial charge in [-0.2, -0.15) is 0 Å². The summed E-state index contributed by atoms with van der Waals surface area (Å²) in [5.41, 5.74) is -2.32. The minimum absolute atomic E-state index is 0.0487. The molecule has 1 atom stereocenters. The molecule has 0 bridgehead atoms. The maximum Gasteiger partial charge on any atom is 0.343 e. The monoisotopic (exact) mass is 364 g/mol. The topological polar surface area (TPSA) is 88.3 Å². The number of nitrogens with zero attached hydrogens (tertiary/aromatic N) is 4. The molecule has 1 aromatic heterocycles. The summed E-state index contributed by atoms with van der Waals surface area (Å²) in [6.07, 6.45) is -0.293. The molecular formula is C17H18F2N4O3. The third-order valence-corrected chi connectivity index (χ3v) is 4.31. The van der Waals surface area contributed by atoms with Gasteiger partial charge < -0.3 is 10.0 Å². The van der Waals surface area contributed by atoms with Crippen molar-refractivity contribution < 1.29 is 23.5 Å². The Morgan fingerprint density at radius 2 is 2.00 bits per heavy atom. The van der Waals surface area contributed by atoms with Crippen LogP contribution in [0.15, 0.2) is 24.3 Å². The summed E-state index contributed by atoms with van der Waals surface area (Å²) in [5.74, 6) is -2.79. The van der Waals surface area contributed by atoms with E-state index in [4.69, 9.17) is 5.11 Å². The second-order valence-electron chi connectivity index (χ2n) is 6.56. The molecule has 7 nitrogen and oxygen atoms in total. The number of benzene rings is 1. The van der Waals surface area contributed by atoms with Crippen LogP contribution in [-0.4, -0.2) is 55.4 Å². The summed E-state index contributed by atoms with van der Waals surface area (Å²) in [5, 5.41) is 13.1. The zero-order valence-corrected chi connectivity index (χ0v) is 14.3. The zero-order valence-electron chi connectivity index (χ0n) is 14.3. The Morgan fingerprint density at radius 3 is 2.58 bits per heavy atom. The van der Waals surface area contributed by atoms with Gasteiger partial charge in [0.2, 0.25) is 11.5 Å². The number of carbonyl (C=O) groups excluding carboxylic acids is 1. The van der Waals surface area contributed by atoms with Crippen molar-refractivity contribution in [2.45, 2.75) is 31.9 Å².